The zero-order valence-electron chi connectivity index (χ0n) is 22.5. The summed E-state index contributed by atoms with van der Waals surface area (Å²) in [6, 6.07) is 31.8. The third-order valence-electron chi connectivity index (χ3n) is 7.23. The first-order valence-electron chi connectivity index (χ1n) is 13.3. The van der Waals surface area contributed by atoms with Crippen molar-refractivity contribution in [1.82, 2.24) is 20.2 Å². The number of anilines is 1. The number of hydrogen-bond donors (Lipinski definition) is 2. The molecule has 212 valence electrons. The van der Waals surface area contributed by atoms with Gasteiger partial charge in [0.15, 0.2) is 9.84 Å². The predicted molar refractivity (Wildman–Crippen MR) is 167 cm³/mol. The average molecular weight is 606 g/mol. The molecule has 0 aliphatic heterocycles. The van der Waals surface area contributed by atoms with Crippen LogP contribution in [-0.2, 0) is 25.6 Å². The average Bonchev–Trinajstić information content (AvgIpc) is 3.41. The maximum Gasteiger partial charge on any atom is 0.262 e. The van der Waals surface area contributed by atoms with Gasteiger partial charge in [0.2, 0.25) is 5.65 Å². The van der Waals surface area contributed by atoms with E-state index in [1.165, 1.54) is 0 Å². The van der Waals surface area contributed by atoms with Crippen LogP contribution in [0.15, 0.2) is 125 Å². The van der Waals surface area contributed by atoms with Gasteiger partial charge in [-0.1, -0.05) is 84.9 Å². The molecule has 11 heteroatoms. The van der Waals surface area contributed by atoms with Crippen molar-refractivity contribution in [2.75, 3.05) is 4.72 Å². The minimum absolute atomic E-state index is 0.197. The Balaban J connectivity index is 1.13. The first-order chi connectivity index (χ1) is 20.8. The lowest BCUT2D eigenvalue weighted by Crippen LogP contribution is -2.13. The molecule has 0 aliphatic carbocycles. The van der Waals surface area contributed by atoms with E-state index in [4.69, 9.17) is 0 Å². The Hall–Kier alpha value is -5.13. The molecular weight excluding hydrogens is 583 g/mol. The van der Waals surface area contributed by atoms with E-state index in [1.54, 1.807) is 72.9 Å². The van der Waals surface area contributed by atoms with E-state index in [9.17, 15) is 16.8 Å². The molecule has 0 fully saturated rings. The summed E-state index contributed by atoms with van der Waals surface area (Å²) < 4.78 is 55.8. The van der Waals surface area contributed by atoms with Crippen molar-refractivity contribution < 1.29 is 16.8 Å². The molecule has 2 aromatic heterocycles. The Labute approximate surface area is 247 Å². The molecule has 0 amide bonds. The van der Waals surface area contributed by atoms with Gasteiger partial charge < -0.3 is 0 Å². The monoisotopic (exact) mass is 605 g/mol. The van der Waals surface area contributed by atoms with Crippen LogP contribution in [0.1, 0.15) is 5.69 Å². The Morgan fingerprint density at radius 2 is 1.28 bits per heavy atom. The minimum atomic E-state index is -3.83. The Morgan fingerprint density at radius 3 is 1.98 bits per heavy atom. The summed E-state index contributed by atoms with van der Waals surface area (Å²) in [5.41, 5.74) is 2.58. The first kappa shape index (κ1) is 26.7. The molecule has 2 heterocycles. The Bertz CT molecular complexity index is 2380. The van der Waals surface area contributed by atoms with Crippen molar-refractivity contribution in [3.63, 3.8) is 0 Å². The molecule has 0 atom stereocenters. The minimum Gasteiger partial charge on any atom is -0.280 e. The molecule has 7 rings (SSSR count). The zero-order valence-corrected chi connectivity index (χ0v) is 24.1. The molecule has 7 aromatic rings. The molecular formula is C32H23N5O4S2. The highest BCUT2D eigenvalue weighted by Crippen LogP contribution is 2.29. The summed E-state index contributed by atoms with van der Waals surface area (Å²) in [7, 11) is -7.54. The standard InChI is InChI=1S/C32H23N5O4S2/c38-42(39,29-13-5-9-21-7-1-3-11-25(21)29)20-28-31-32(36-35-28)34-27(19-33-31)23-15-17-24(18-16-23)37-43(40,41)30-14-6-10-22-8-2-4-12-26(22)30/h1-19,37H,20H2,(H,34,35,36). The predicted octanol–water partition coefficient (Wildman–Crippen LogP) is 6.10. The van der Waals surface area contributed by atoms with E-state index in [-0.39, 0.29) is 21.2 Å². The van der Waals surface area contributed by atoms with E-state index in [2.05, 4.69) is 24.9 Å². The number of sulfone groups is 1. The number of benzene rings is 5. The van der Waals surface area contributed by atoms with Gasteiger partial charge in [-0.05, 0) is 35.0 Å². The third-order valence-corrected chi connectivity index (χ3v) is 10.4. The molecule has 43 heavy (non-hydrogen) atoms. The Morgan fingerprint density at radius 1 is 0.674 bits per heavy atom. The van der Waals surface area contributed by atoms with Gasteiger partial charge in [0.25, 0.3) is 10.0 Å². The quantitative estimate of drug-likeness (QED) is 0.224. The fourth-order valence-electron chi connectivity index (χ4n) is 5.17. The highest BCUT2D eigenvalue weighted by molar-refractivity contribution is 7.93. The summed E-state index contributed by atoms with van der Waals surface area (Å²) in [6.45, 7) is 0. The van der Waals surface area contributed by atoms with Gasteiger partial charge in [0.1, 0.15) is 5.52 Å². The van der Waals surface area contributed by atoms with Crippen LogP contribution in [0.2, 0.25) is 0 Å². The highest BCUT2D eigenvalue weighted by atomic mass is 32.2. The number of rotatable bonds is 7. The van der Waals surface area contributed by atoms with Crippen LogP contribution in [0, 0.1) is 0 Å². The first-order valence-corrected chi connectivity index (χ1v) is 16.4. The second-order valence-corrected chi connectivity index (χ2v) is 13.6. The van der Waals surface area contributed by atoms with Crippen molar-refractivity contribution in [2.45, 2.75) is 15.5 Å². The van der Waals surface area contributed by atoms with Gasteiger partial charge in [-0.2, -0.15) is 5.10 Å². The van der Waals surface area contributed by atoms with Crippen LogP contribution in [-0.4, -0.2) is 37.0 Å². The smallest absolute Gasteiger partial charge is 0.262 e. The van der Waals surface area contributed by atoms with Gasteiger partial charge in [0, 0.05) is 22.0 Å². The van der Waals surface area contributed by atoms with Gasteiger partial charge >= 0.3 is 0 Å². The second-order valence-electron chi connectivity index (χ2n) is 10.0. The number of H-pyrrole nitrogens is 1. The number of fused-ring (bicyclic) bond motifs is 3. The maximum absolute atomic E-state index is 13.4. The lowest BCUT2D eigenvalue weighted by atomic mass is 10.1. The van der Waals surface area contributed by atoms with Crippen molar-refractivity contribution >= 4 is 58.3 Å². The number of nitrogens with one attached hydrogen (secondary N) is 2. The molecule has 2 N–H and O–H groups in total. The van der Waals surface area contributed by atoms with Gasteiger partial charge in [-0.3, -0.25) is 9.82 Å². The van der Waals surface area contributed by atoms with Gasteiger partial charge in [-0.15, -0.1) is 0 Å². The number of nitrogens with zero attached hydrogens (tertiary/aromatic N) is 3. The SMILES string of the molecule is O=S(=O)(Cc1[nH]nc2nc(-c3ccc(NS(=O)(=O)c4cccc5ccccc45)cc3)cnc12)c1cccc2ccccc12. The van der Waals surface area contributed by atoms with Crippen LogP contribution in [0.4, 0.5) is 5.69 Å². The molecule has 0 spiro atoms. The molecule has 0 saturated heterocycles. The lowest BCUT2D eigenvalue weighted by molar-refractivity contribution is 0.595. The number of hydrogen-bond acceptors (Lipinski definition) is 7. The lowest BCUT2D eigenvalue weighted by Gasteiger charge is -2.11. The number of sulfonamides is 1. The van der Waals surface area contributed by atoms with E-state index >= 15 is 0 Å². The fourth-order valence-corrected chi connectivity index (χ4v) is 8.00. The molecule has 0 saturated carbocycles. The van der Waals surface area contributed by atoms with E-state index in [0.29, 0.717) is 38.9 Å². The van der Waals surface area contributed by atoms with Crippen molar-refractivity contribution in [3.8, 4) is 11.3 Å². The van der Waals surface area contributed by atoms with E-state index in [0.717, 1.165) is 10.8 Å². The third kappa shape index (κ3) is 4.98. The number of aromatic nitrogens is 4. The molecule has 0 radical (unpaired) electrons. The summed E-state index contributed by atoms with van der Waals surface area (Å²) in [6.07, 6.45) is 1.54. The fraction of sp³-hybridized carbons (Fsp3) is 0.0312. The van der Waals surface area contributed by atoms with Gasteiger partial charge in [-0.25, -0.2) is 26.8 Å². The normalized spacial score (nSPS) is 12.2. The molecule has 0 aliphatic rings. The molecule has 5 aromatic carbocycles. The highest BCUT2D eigenvalue weighted by Gasteiger charge is 2.22. The largest absolute Gasteiger partial charge is 0.280 e. The molecule has 0 unspecified atom stereocenters. The maximum atomic E-state index is 13.4. The topological polar surface area (TPSA) is 135 Å². The van der Waals surface area contributed by atoms with Crippen LogP contribution in [0.3, 0.4) is 0 Å². The van der Waals surface area contributed by atoms with E-state index < -0.39 is 19.9 Å². The molecule has 0 bridgehead atoms. The van der Waals surface area contributed by atoms with Crippen molar-refractivity contribution in [3.05, 3.63) is 121 Å². The zero-order chi connectivity index (χ0) is 29.6. The summed E-state index contributed by atoms with van der Waals surface area (Å²) >= 11 is 0. The second kappa shape index (κ2) is 10.3. The van der Waals surface area contributed by atoms with Crippen LogP contribution in [0.25, 0.3) is 44.0 Å². The number of aromatic amines is 1. The van der Waals surface area contributed by atoms with E-state index in [1.807, 2.05) is 42.5 Å². The summed E-state index contributed by atoms with van der Waals surface area (Å²) in [5, 5.41) is 9.99. The summed E-state index contributed by atoms with van der Waals surface area (Å²) in [5.74, 6) is -0.308. The van der Waals surface area contributed by atoms with Crippen LogP contribution in [0.5, 0.6) is 0 Å². The summed E-state index contributed by atoms with van der Waals surface area (Å²) in [4.78, 5) is 9.48. The van der Waals surface area contributed by atoms with Gasteiger partial charge in [0.05, 0.1) is 33.1 Å². The van der Waals surface area contributed by atoms with Crippen molar-refractivity contribution in [2.24, 2.45) is 0 Å². The van der Waals surface area contributed by atoms with Crippen LogP contribution < -0.4 is 4.72 Å². The van der Waals surface area contributed by atoms with Crippen molar-refractivity contribution in [1.29, 1.82) is 0 Å². The van der Waals surface area contributed by atoms with Crippen LogP contribution >= 0.6 is 0 Å². The molecule has 9 nitrogen and oxygen atoms in total. The Kier molecular flexibility index (Phi) is 6.41.